The first-order chi connectivity index (χ1) is 15.7. The molecule has 0 saturated carbocycles. The topological polar surface area (TPSA) is 89.4 Å². The molecular formula is C26H29N3O4. The maximum Gasteiger partial charge on any atom is 0.340 e. The van der Waals surface area contributed by atoms with Gasteiger partial charge in [0.1, 0.15) is 0 Å². The fourth-order valence-electron chi connectivity index (χ4n) is 3.73. The van der Waals surface area contributed by atoms with Crippen molar-refractivity contribution in [1.82, 2.24) is 9.88 Å². The van der Waals surface area contributed by atoms with E-state index < -0.39 is 18.0 Å². The molecule has 1 atom stereocenters. The van der Waals surface area contributed by atoms with E-state index in [-0.39, 0.29) is 12.5 Å². The van der Waals surface area contributed by atoms with Gasteiger partial charge in [-0.25, -0.2) is 4.79 Å². The number of aromatic nitrogens is 1. The quantitative estimate of drug-likeness (QED) is 0.536. The van der Waals surface area contributed by atoms with Crippen LogP contribution in [0.4, 0.5) is 5.69 Å². The minimum absolute atomic E-state index is 0.225. The van der Waals surface area contributed by atoms with Crippen LogP contribution in [0.15, 0.2) is 54.6 Å². The third-order valence-corrected chi connectivity index (χ3v) is 5.49. The van der Waals surface area contributed by atoms with Gasteiger partial charge in [0.05, 0.1) is 12.1 Å². The third-order valence-electron chi connectivity index (χ3n) is 5.49. The lowest BCUT2D eigenvalue weighted by molar-refractivity contribution is -0.130. The summed E-state index contributed by atoms with van der Waals surface area (Å²) in [5.74, 6) is -1.49. The SMILES string of the molecule is Cc1cccc(C)c1NC(=O)CNC(=O)C(C)OC(=O)c1cc(C)n(-c2ccccc2)c1C. The van der Waals surface area contributed by atoms with Crippen LogP contribution in [0.2, 0.25) is 0 Å². The molecule has 1 unspecified atom stereocenters. The predicted octanol–water partition coefficient (Wildman–Crippen LogP) is 4.01. The van der Waals surface area contributed by atoms with Crippen molar-refractivity contribution in [2.75, 3.05) is 11.9 Å². The van der Waals surface area contributed by atoms with Crippen molar-refractivity contribution in [2.45, 2.75) is 40.7 Å². The molecule has 2 aromatic carbocycles. The summed E-state index contributed by atoms with van der Waals surface area (Å²) >= 11 is 0. The maximum absolute atomic E-state index is 12.7. The summed E-state index contributed by atoms with van der Waals surface area (Å²) in [6.45, 7) is 8.79. The maximum atomic E-state index is 12.7. The van der Waals surface area contributed by atoms with Gasteiger partial charge in [0, 0.05) is 22.8 Å². The molecule has 3 aromatic rings. The molecule has 7 nitrogen and oxygen atoms in total. The monoisotopic (exact) mass is 447 g/mol. The van der Waals surface area contributed by atoms with Crippen molar-refractivity contribution in [3.63, 3.8) is 0 Å². The summed E-state index contributed by atoms with van der Waals surface area (Å²) in [6.07, 6.45) is -1.05. The highest BCUT2D eigenvalue weighted by Gasteiger charge is 2.23. The molecule has 1 heterocycles. The summed E-state index contributed by atoms with van der Waals surface area (Å²) < 4.78 is 7.33. The molecule has 0 aliphatic heterocycles. The number of anilines is 1. The molecule has 172 valence electrons. The average molecular weight is 448 g/mol. The van der Waals surface area contributed by atoms with Crippen LogP contribution >= 0.6 is 0 Å². The highest BCUT2D eigenvalue weighted by atomic mass is 16.5. The first kappa shape index (κ1) is 23.8. The van der Waals surface area contributed by atoms with Crippen molar-refractivity contribution in [3.8, 4) is 5.69 Å². The van der Waals surface area contributed by atoms with Gasteiger partial charge in [-0.15, -0.1) is 0 Å². The van der Waals surface area contributed by atoms with E-state index in [9.17, 15) is 14.4 Å². The normalized spacial score (nSPS) is 11.5. The molecule has 0 aliphatic rings. The molecule has 3 rings (SSSR count). The molecule has 1 aromatic heterocycles. The van der Waals surface area contributed by atoms with E-state index in [4.69, 9.17) is 4.74 Å². The van der Waals surface area contributed by atoms with Crippen LogP contribution in [0, 0.1) is 27.7 Å². The lowest BCUT2D eigenvalue weighted by Gasteiger charge is -2.15. The number of benzene rings is 2. The first-order valence-electron chi connectivity index (χ1n) is 10.8. The number of esters is 1. The number of ether oxygens (including phenoxy) is 1. The van der Waals surface area contributed by atoms with Crippen molar-refractivity contribution < 1.29 is 19.1 Å². The average Bonchev–Trinajstić information content (AvgIpc) is 3.09. The molecule has 0 saturated heterocycles. The van der Waals surface area contributed by atoms with Crippen molar-refractivity contribution >= 4 is 23.5 Å². The largest absolute Gasteiger partial charge is 0.449 e. The third kappa shape index (κ3) is 5.49. The van der Waals surface area contributed by atoms with Gasteiger partial charge in [-0.05, 0) is 63.9 Å². The van der Waals surface area contributed by atoms with Crippen LogP contribution in [-0.2, 0) is 14.3 Å². The second kappa shape index (κ2) is 10.2. The van der Waals surface area contributed by atoms with Gasteiger partial charge in [0.25, 0.3) is 5.91 Å². The van der Waals surface area contributed by atoms with Gasteiger partial charge in [0.2, 0.25) is 5.91 Å². The Balaban J connectivity index is 1.59. The Hall–Kier alpha value is -3.87. The first-order valence-corrected chi connectivity index (χ1v) is 10.8. The number of aryl methyl sites for hydroxylation is 3. The van der Waals surface area contributed by atoms with Crippen LogP contribution in [0.25, 0.3) is 5.69 Å². The summed E-state index contributed by atoms with van der Waals surface area (Å²) in [7, 11) is 0. The molecule has 0 bridgehead atoms. The molecule has 0 fully saturated rings. The number of carbonyl (C=O) groups is 3. The van der Waals surface area contributed by atoms with E-state index in [1.54, 1.807) is 6.07 Å². The summed E-state index contributed by atoms with van der Waals surface area (Å²) in [4.78, 5) is 37.4. The summed E-state index contributed by atoms with van der Waals surface area (Å²) in [5.41, 5.74) is 5.53. The minimum Gasteiger partial charge on any atom is -0.449 e. The number of nitrogens with one attached hydrogen (secondary N) is 2. The van der Waals surface area contributed by atoms with Crippen LogP contribution < -0.4 is 10.6 Å². The molecule has 0 radical (unpaired) electrons. The van der Waals surface area contributed by atoms with Gasteiger partial charge in [-0.2, -0.15) is 0 Å². The highest BCUT2D eigenvalue weighted by molar-refractivity contribution is 5.97. The molecule has 2 amide bonds. The van der Waals surface area contributed by atoms with Crippen molar-refractivity contribution in [3.05, 3.63) is 82.7 Å². The van der Waals surface area contributed by atoms with Gasteiger partial charge in [-0.1, -0.05) is 36.4 Å². The lowest BCUT2D eigenvalue weighted by atomic mass is 10.1. The second-order valence-corrected chi connectivity index (χ2v) is 8.04. The highest BCUT2D eigenvalue weighted by Crippen LogP contribution is 2.22. The number of amides is 2. The second-order valence-electron chi connectivity index (χ2n) is 8.04. The van der Waals surface area contributed by atoms with Crippen LogP contribution in [0.3, 0.4) is 0 Å². The zero-order chi connectivity index (χ0) is 24.1. The molecule has 7 heteroatoms. The minimum atomic E-state index is -1.05. The van der Waals surface area contributed by atoms with E-state index in [2.05, 4.69) is 10.6 Å². The Morgan fingerprint density at radius 3 is 2.21 bits per heavy atom. The number of hydrogen-bond donors (Lipinski definition) is 2. The van der Waals surface area contributed by atoms with E-state index >= 15 is 0 Å². The number of para-hydroxylation sites is 2. The zero-order valence-corrected chi connectivity index (χ0v) is 19.6. The number of hydrogen-bond acceptors (Lipinski definition) is 4. The van der Waals surface area contributed by atoms with Gasteiger partial charge < -0.3 is 19.9 Å². The Morgan fingerprint density at radius 2 is 1.58 bits per heavy atom. The Bertz CT molecular complexity index is 1160. The van der Waals surface area contributed by atoms with Crippen molar-refractivity contribution in [2.24, 2.45) is 0 Å². The summed E-state index contributed by atoms with van der Waals surface area (Å²) in [5, 5.41) is 5.33. The lowest BCUT2D eigenvalue weighted by Crippen LogP contribution is -2.40. The molecule has 33 heavy (non-hydrogen) atoms. The predicted molar refractivity (Wildman–Crippen MR) is 128 cm³/mol. The Labute approximate surface area is 193 Å². The standard InChI is InChI=1S/C26H29N3O4/c1-16-10-9-11-17(2)24(16)28-23(30)15-27-25(31)20(5)33-26(32)22-14-18(3)29(19(22)4)21-12-7-6-8-13-21/h6-14,20H,15H2,1-5H3,(H,27,31)(H,28,30). The molecule has 2 N–H and O–H groups in total. The van der Waals surface area contributed by atoms with Crippen LogP contribution in [0.1, 0.15) is 39.8 Å². The smallest absolute Gasteiger partial charge is 0.340 e. The van der Waals surface area contributed by atoms with E-state index in [1.807, 2.05) is 80.8 Å². The Kier molecular flexibility index (Phi) is 7.33. The van der Waals surface area contributed by atoms with Gasteiger partial charge in [-0.3, -0.25) is 9.59 Å². The molecule has 0 spiro atoms. The Morgan fingerprint density at radius 1 is 0.939 bits per heavy atom. The fourth-order valence-corrected chi connectivity index (χ4v) is 3.73. The van der Waals surface area contributed by atoms with E-state index in [0.29, 0.717) is 5.56 Å². The number of rotatable bonds is 7. The van der Waals surface area contributed by atoms with Gasteiger partial charge in [0.15, 0.2) is 6.10 Å². The van der Waals surface area contributed by atoms with Crippen LogP contribution in [0.5, 0.6) is 0 Å². The van der Waals surface area contributed by atoms with E-state index in [0.717, 1.165) is 33.9 Å². The number of carbonyl (C=O) groups excluding carboxylic acids is 3. The van der Waals surface area contributed by atoms with Crippen molar-refractivity contribution in [1.29, 1.82) is 0 Å². The summed E-state index contributed by atoms with van der Waals surface area (Å²) in [6, 6.07) is 17.1. The fraction of sp³-hybridized carbons (Fsp3) is 0.269. The number of nitrogens with zero attached hydrogens (tertiary/aromatic N) is 1. The van der Waals surface area contributed by atoms with Crippen LogP contribution in [-0.4, -0.2) is 35.0 Å². The van der Waals surface area contributed by atoms with Gasteiger partial charge >= 0.3 is 5.97 Å². The zero-order valence-electron chi connectivity index (χ0n) is 19.6. The van der Waals surface area contributed by atoms with E-state index in [1.165, 1.54) is 6.92 Å². The molecule has 0 aliphatic carbocycles. The molecular weight excluding hydrogens is 418 g/mol.